The van der Waals surface area contributed by atoms with Gasteiger partial charge in [-0.25, -0.2) is 4.98 Å². The predicted octanol–water partition coefficient (Wildman–Crippen LogP) is 3.39. The van der Waals surface area contributed by atoms with Gasteiger partial charge in [-0.1, -0.05) is 45.0 Å². The van der Waals surface area contributed by atoms with Crippen LogP contribution in [0.1, 0.15) is 42.3 Å². The molecule has 0 atom stereocenters. The third-order valence-corrected chi connectivity index (χ3v) is 3.27. The number of aromatic nitrogens is 1. The van der Waals surface area contributed by atoms with Crippen LogP contribution in [0.25, 0.3) is 0 Å². The molecule has 0 saturated heterocycles. The quantitative estimate of drug-likeness (QED) is 0.868. The van der Waals surface area contributed by atoms with E-state index in [-0.39, 0.29) is 11.2 Å². The highest BCUT2D eigenvalue weighted by molar-refractivity contribution is 5.97. The fourth-order valence-corrected chi connectivity index (χ4v) is 2.01. The number of rotatable bonds is 3. The van der Waals surface area contributed by atoms with E-state index in [9.17, 15) is 4.79 Å². The summed E-state index contributed by atoms with van der Waals surface area (Å²) in [7, 11) is 0. The standard InChI is InChI=1S/C17H20N2O/c1-17(2,3)14-6-4-5-12(9-14)10-15(20)13-7-8-16(18)19-11-13/h4-9,11H,10H2,1-3H3,(H2,18,19). The molecule has 0 bridgehead atoms. The highest BCUT2D eigenvalue weighted by atomic mass is 16.1. The van der Waals surface area contributed by atoms with Crippen LogP contribution < -0.4 is 5.73 Å². The van der Waals surface area contributed by atoms with Crippen molar-refractivity contribution in [3.63, 3.8) is 0 Å². The third kappa shape index (κ3) is 3.44. The maximum atomic E-state index is 12.2. The van der Waals surface area contributed by atoms with Gasteiger partial charge in [-0.05, 0) is 28.7 Å². The third-order valence-electron chi connectivity index (χ3n) is 3.27. The second kappa shape index (κ2) is 5.45. The zero-order chi connectivity index (χ0) is 14.8. The number of nitrogens with two attached hydrogens (primary N) is 1. The summed E-state index contributed by atoms with van der Waals surface area (Å²) in [4.78, 5) is 16.2. The van der Waals surface area contributed by atoms with Crippen molar-refractivity contribution in [2.75, 3.05) is 5.73 Å². The molecule has 0 fully saturated rings. The Bertz CT molecular complexity index is 610. The monoisotopic (exact) mass is 268 g/mol. The van der Waals surface area contributed by atoms with Crippen molar-refractivity contribution in [2.45, 2.75) is 32.6 Å². The van der Waals surface area contributed by atoms with Crippen LogP contribution in [0.15, 0.2) is 42.6 Å². The molecule has 0 aliphatic carbocycles. The number of nitrogen functional groups attached to an aromatic ring is 1. The normalized spacial score (nSPS) is 11.3. The van der Waals surface area contributed by atoms with Gasteiger partial charge in [0, 0.05) is 18.2 Å². The number of ketones is 1. The van der Waals surface area contributed by atoms with Gasteiger partial charge in [0.1, 0.15) is 5.82 Å². The Kier molecular flexibility index (Phi) is 3.89. The number of hydrogen-bond donors (Lipinski definition) is 1. The van der Waals surface area contributed by atoms with Crippen LogP contribution in [0.3, 0.4) is 0 Å². The molecule has 2 N–H and O–H groups in total. The molecule has 3 heteroatoms. The molecule has 0 radical (unpaired) electrons. The summed E-state index contributed by atoms with van der Waals surface area (Å²) >= 11 is 0. The van der Waals surface area contributed by atoms with Crippen molar-refractivity contribution in [3.8, 4) is 0 Å². The lowest BCUT2D eigenvalue weighted by atomic mass is 9.85. The largest absolute Gasteiger partial charge is 0.384 e. The topological polar surface area (TPSA) is 56.0 Å². The molecule has 104 valence electrons. The van der Waals surface area contributed by atoms with E-state index in [1.54, 1.807) is 12.1 Å². The van der Waals surface area contributed by atoms with Gasteiger partial charge in [0.25, 0.3) is 0 Å². The maximum absolute atomic E-state index is 12.2. The number of carbonyl (C=O) groups excluding carboxylic acids is 1. The van der Waals surface area contributed by atoms with Crippen molar-refractivity contribution in [1.29, 1.82) is 0 Å². The van der Waals surface area contributed by atoms with Crippen LogP contribution in [-0.2, 0) is 11.8 Å². The molecular formula is C17H20N2O. The van der Waals surface area contributed by atoms with E-state index in [4.69, 9.17) is 5.73 Å². The second-order valence-electron chi connectivity index (χ2n) is 6.02. The van der Waals surface area contributed by atoms with Crippen LogP contribution in [0.5, 0.6) is 0 Å². The maximum Gasteiger partial charge on any atom is 0.168 e. The number of pyridine rings is 1. The summed E-state index contributed by atoms with van der Waals surface area (Å²) in [5, 5.41) is 0. The van der Waals surface area contributed by atoms with Gasteiger partial charge in [0.2, 0.25) is 0 Å². The van der Waals surface area contributed by atoms with E-state index in [2.05, 4.69) is 37.9 Å². The van der Waals surface area contributed by atoms with Crippen molar-refractivity contribution in [3.05, 3.63) is 59.3 Å². The Morgan fingerprint density at radius 2 is 1.95 bits per heavy atom. The molecule has 2 rings (SSSR count). The Morgan fingerprint density at radius 1 is 1.20 bits per heavy atom. The van der Waals surface area contributed by atoms with E-state index < -0.39 is 0 Å². The van der Waals surface area contributed by atoms with Gasteiger partial charge in [-0.3, -0.25) is 4.79 Å². The molecule has 1 heterocycles. The molecule has 0 aliphatic heterocycles. The van der Waals surface area contributed by atoms with E-state index in [0.29, 0.717) is 17.8 Å². The summed E-state index contributed by atoms with van der Waals surface area (Å²) in [5.74, 6) is 0.486. The molecule has 1 aromatic heterocycles. The number of nitrogens with zero attached hydrogens (tertiary/aromatic N) is 1. The molecular weight excluding hydrogens is 248 g/mol. The zero-order valence-electron chi connectivity index (χ0n) is 12.2. The number of anilines is 1. The van der Waals surface area contributed by atoms with E-state index >= 15 is 0 Å². The van der Waals surface area contributed by atoms with Crippen LogP contribution in [-0.4, -0.2) is 10.8 Å². The zero-order valence-corrected chi connectivity index (χ0v) is 12.2. The molecule has 0 unspecified atom stereocenters. The molecule has 0 aliphatic rings. The van der Waals surface area contributed by atoms with Crippen LogP contribution in [0.2, 0.25) is 0 Å². The average molecular weight is 268 g/mol. The Labute approximate surface area is 119 Å². The Balaban J connectivity index is 2.18. The molecule has 0 saturated carbocycles. The minimum atomic E-state index is 0.0589. The lowest BCUT2D eigenvalue weighted by molar-refractivity contribution is 0.0992. The van der Waals surface area contributed by atoms with Gasteiger partial charge in [-0.2, -0.15) is 0 Å². The average Bonchev–Trinajstić information content (AvgIpc) is 2.38. The minimum Gasteiger partial charge on any atom is -0.384 e. The summed E-state index contributed by atoms with van der Waals surface area (Å²) in [5.41, 5.74) is 8.47. The highest BCUT2D eigenvalue weighted by Crippen LogP contribution is 2.23. The summed E-state index contributed by atoms with van der Waals surface area (Å²) < 4.78 is 0. The number of hydrogen-bond acceptors (Lipinski definition) is 3. The van der Waals surface area contributed by atoms with Crippen LogP contribution >= 0.6 is 0 Å². The van der Waals surface area contributed by atoms with Gasteiger partial charge in [0.05, 0.1) is 0 Å². The fourth-order valence-electron chi connectivity index (χ4n) is 2.01. The smallest absolute Gasteiger partial charge is 0.168 e. The molecule has 0 spiro atoms. The second-order valence-corrected chi connectivity index (χ2v) is 6.02. The van der Waals surface area contributed by atoms with Crippen molar-refractivity contribution >= 4 is 11.6 Å². The minimum absolute atomic E-state index is 0.0589. The molecule has 1 aromatic carbocycles. The van der Waals surface area contributed by atoms with Crippen molar-refractivity contribution in [2.24, 2.45) is 0 Å². The molecule has 20 heavy (non-hydrogen) atoms. The van der Waals surface area contributed by atoms with Crippen LogP contribution in [0.4, 0.5) is 5.82 Å². The molecule has 2 aromatic rings. The van der Waals surface area contributed by atoms with E-state index in [1.165, 1.54) is 11.8 Å². The molecule has 0 amide bonds. The first kappa shape index (κ1) is 14.3. The van der Waals surface area contributed by atoms with E-state index in [1.807, 2.05) is 12.1 Å². The Hall–Kier alpha value is -2.16. The SMILES string of the molecule is CC(C)(C)c1cccc(CC(=O)c2ccc(N)nc2)c1. The van der Waals surface area contributed by atoms with E-state index in [0.717, 1.165) is 5.56 Å². The van der Waals surface area contributed by atoms with Gasteiger partial charge in [-0.15, -0.1) is 0 Å². The number of Topliss-reactive ketones (excluding diaryl/α,β-unsaturated/α-hetero) is 1. The fraction of sp³-hybridized carbons (Fsp3) is 0.294. The van der Waals surface area contributed by atoms with Gasteiger partial charge in [0.15, 0.2) is 5.78 Å². The molecule has 3 nitrogen and oxygen atoms in total. The number of benzene rings is 1. The summed E-state index contributed by atoms with van der Waals surface area (Å²) in [6.45, 7) is 6.49. The van der Waals surface area contributed by atoms with Gasteiger partial charge >= 0.3 is 0 Å². The van der Waals surface area contributed by atoms with Crippen molar-refractivity contribution in [1.82, 2.24) is 4.98 Å². The summed E-state index contributed by atoms with van der Waals surface area (Å²) in [6.07, 6.45) is 1.92. The lowest BCUT2D eigenvalue weighted by Gasteiger charge is -2.19. The number of carbonyl (C=O) groups is 1. The van der Waals surface area contributed by atoms with Gasteiger partial charge < -0.3 is 5.73 Å². The predicted molar refractivity (Wildman–Crippen MR) is 81.8 cm³/mol. The first-order chi connectivity index (χ1) is 9.36. The first-order valence-electron chi connectivity index (χ1n) is 6.70. The summed E-state index contributed by atoms with van der Waals surface area (Å²) in [6, 6.07) is 11.6. The highest BCUT2D eigenvalue weighted by Gasteiger charge is 2.14. The van der Waals surface area contributed by atoms with Crippen molar-refractivity contribution < 1.29 is 4.79 Å². The van der Waals surface area contributed by atoms with Crippen LogP contribution in [0, 0.1) is 0 Å². The lowest BCUT2D eigenvalue weighted by Crippen LogP contribution is -2.12. The first-order valence-corrected chi connectivity index (χ1v) is 6.70. The Morgan fingerprint density at radius 3 is 2.55 bits per heavy atom.